The van der Waals surface area contributed by atoms with Gasteiger partial charge in [-0.05, 0) is 38.3 Å². The maximum Gasteiger partial charge on any atom is 0.357 e. The average molecular weight is 260 g/mol. The number of aromatic carboxylic acids is 1. The zero-order chi connectivity index (χ0) is 13.4. The highest BCUT2D eigenvalue weighted by molar-refractivity contribution is 6.01. The number of ether oxygens (including phenoxy) is 1. The highest BCUT2D eigenvalue weighted by atomic mass is 16.5. The van der Waals surface area contributed by atoms with Gasteiger partial charge in [0.25, 0.3) is 0 Å². The summed E-state index contributed by atoms with van der Waals surface area (Å²) < 4.78 is 7.42. The third-order valence-corrected chi connectivity index (χ3v) is 3.49. The molecule has 0 bridgehead atoms. The van der Waals surface area contributed by atoms with Crippen LogP contribution in [0, 0.1) is 6.92 Å². The molecule has 19 heavy (non-hydrogen) atoms. The molecule has 2 aromatic rings. The summed E-state index contributed by atoms with van der Waals surface area (Å²) in [5.74, 6) is -0.995. The Labute approximate surface area is 110 Å². The van der Waals surface area contributed by atoms with E-state index in [2.05, 4.69) is 5.10 Å². The molecular formula is C14H16N2O3. The maximum atomic E-state index is 11.3. The molecule has 1 fully saturated rings. The molecule has 1 atom stereocenters. The maximum absolute atomic E-state index is 11.3. The monoisotopic (exact) mass is 260 g/mol. The first-order valence-corrected chi connectivity index (χ1v) is 6.50. The minimum absolute atomic E-state index is 0.105. The molecule has 0 saturated carbocycles. The molecule has 0 amide bonds. The zero-order valence-corrected chi connectivity index (χ0v) is 10.8. The summed E-state index contributed by atoms with van der Waals surface area (Å²) >= 11 is 0. The lowest BCUT2D eigenvalue weighted by Gasteiger charge is -2.23. The van der Waals surface area contributed by atoms with Crippen molar-refractivity contribution < 1.29 is 14.6 Å². The summed E-state index contributed by atoms with van der Waals surface area (Å²) in [4.78, 5) is 11.3. The highest BCUT2D eigenvalue weighted by Gasteiger charge is 2.23. The summed E-state index contributed by atoms with van der Waals surface area (Å²) in [6, 6.07) is 5.75. The second-order valence-electron chi connectivity index (χ2n) is 4.94. The third kappa shape index (κ3) is 2.10. The second-order valence-corrected chi connectivity index (χ2v) is 4.94. The van der Waals surface area contributed by atoms with E-state index in [9.17, 15) is 9.90 Å². The van der Waals surface area contributed by atoms with Crippen molar-refractivity contribution in [3.05, 3.63) is 29.5 Å². The molecule has 3 rings (SSSR count). The molecule has 0 spiro atoms. The van der Waals surface area contributed by atoms with Gasteiger partial charge in [0.15, 0.2) is 11.9 Å². The van der Waals surface area contributed by atoms with Gasteiger partial charge < -0.3 is 9.84 Å². The van der Waals surface area contributed by atoms with E-state index in [0.29, 0.717) is 12.0 Å². The van der Waals surface area contributed by atoms with Crippen LogP contribution in [-0.4, -0.2) is 27.5 Å². The number of hydrogen-bond donors (Lipinski definition) is 1. The largest absolute Gasteiger partial charge is 0.476 e. The number of nitrogens with zero attached hydrogens (tertiary/aromatic N) is 2. The van der Waals surface area contributed by atoms with E-state index in [1.807, 2.05) is 25.1 Å². The van der Waals surface area contributed by atoms with Crippen molar-refractivity contribution in [1.29, 1.82) is 0 Å². The predicted octanol–water partition coefficient (Wildman–Crippen LogP) is 2.74. The molecule has 1 aromatic heterocycles. The summed E-state index contributed by atoms with van der Waals surface area (Å²) in [7, 11) is 0. The van der Waals surface area contributed by atoms with E-state index in [1.54, 1.807) is 4.68 Å². The van der Waals surface area contributed by atoms with Crippen LogP contribution in [0.1, 0.15) is 41.5 Å². The van der Waals surface area contributed by atoms with Crippen LogP contribution in [0.15, 0.2) is 18.2 Å². The number of fused-ring (bicyclic) bond motifs is 1. The molecule has 0 radical (unpaired) electrons. The standard InChI is InChI=1S/C14H16N2O3/c1-9-5-6-11-10(8-9)13(14(17)18)15-16(11)12-4-2-3-7-19-12/h5-6,8,12H,2-4,7H2,1H3,(H,17,18). The van der Waals surface area contributed by atoms with E-state index in [-0.39, 0.29) is 11.9 Å². The van der Waals surface area contributed by atoms with Crippen molar-refractivity contribution in [2.45, 2.75) is 32.4 Å². The van der Waals surface area contributed by atoms with Crippen LogP contribution in [0.2, 0.25) is 0 Å². The summed E-state index contributed by atoms with van der Waals surface area (Å²) in [6.07, 6.45) is 2.87. The van der Waals surface area contributed by atoms with E-state index in [4.69, 9.17) is 4.74 Å². The molecular weight excluding hydrogens is 244 g/mol. The van der Waals surface area contributed by atoms with Gasteiger partial charge in [0.2, 0.25) is 0 Å². The number of carboxylic acid groups (broad SMARTS) is 1. The Morgan fingerprint density at radius 2 is 2.32 bits per heavy atom. The molecule has 100 valence electrons. The Morgan fingerprint density at radius 3 is 3.00 bits per heavy atom. The first-order valence-electron chi connectivity index (χ1n) is 6.50. The first kappa shape index (κ1) is 12.2. The van der Waals surface area contributed by atoms with Crippen molar-refractivity contribution >= 4 is 16.9 Å². The molecule has 1 aliphatic heterocycles. The minimum Gasteiger partial charge on any atom is -0.476 e. The van der Waals surface area contributed by atoms with Crippen molar-refractivity contribution in [3.63, 3.8) is 0 Å². The van der Waals surface area contributed by atoms with Gasteiger partial charge in [0, 0.05) is 12.0 Å². The molecule has 0 aliphatic carbocycles. The predicted molar refractivity (Wildman–Crippen MR) is 70.3 cm³/mol. The summed E-state index contributed by atoms with van der Waals surface area (Å²) in [6.45, 7) is 2.65. The molecule has 1 aromatic carbocycles. The van der Waals surface area contributed by atoms with Crippen LogP contribution in [-0.2, 0) is 4.74 Å². The number of rotatable bonds is 2. The van der Waals surface area contributed by atoms with Gasteiger partial charge in [0.05, 0.1) is 5.52 Å². The fraction of sp³-hybridized carbons (Fsp3) is 0.429. The minimum atomic E-state index is -0.995. The van der Waals surface area contributed by atoms with Crippen LogP contribution >= 0.6 is 0 Å². The van der Waals surface area contributed by atoms with Crippen LogP contribution in [0.3, 0.4) is 0 Å². The number of benzene rings is 1. The Kier molecular flexibility index (Phi) is 2.98. The Morgan fingerprint density at radius 1 is 1.47 bits per heavy atom. The third-order valence-electron chi connectivity index (χ3n) is 3.49. The molecule has 1 unspecified atom stereocenters. The molecule has 2 heterocycles. The summed E-state index contributed by atoms with van der Waals surface area (Å²) in [5.41, 5.74) is 1.96. The fourth-order valence-corrected chi connectivity index (χ4v) is 2.55. The Bertz CT molecular complexity index is 627. The normalized spacial score (nSPS) is 19.7. The van der Waals surface area contributed by atoms with Gasteiger partial charge in [-0.3, -0.25) is 0 Å². The van der Waals surface area contributed by atoms with Crippen molar-refractivity contribution in [2.75, 3.05) is 6.61 Å². The van der Waals surface area contributed by atoms with E-state index < -0.39 is 5.97 Å². The molecule has 1 N–H and O–H groups in total. The Balaban J connectivity index is 2.16. The quantitative estimate of drug-likeness (QED) is 0.901. The summed E-state index contributed by atoms with van der Waals surface area (Å²) in [5, 5.41) is 14.2. The number of aryl methyl sites for hydroxylation is 1. The van der Waals surface area contributed by atoms with Gasteiger partial charge in [-0.25, -0.2) is 9.48 Å². The van der Waals surface area contributed by atoms with Crippen molar-refractivity contribution in [2.24, 2.45) is 0 Å². The van der Waals surface area contributed by atoms with Crippen LogP contribution in [0.25, 0.3) is 10.9 Å². The lowest BCUT2D eigenvalue weighted by molar-refractivity contribution is -0.0368. The Hall–Kier alpha value is -1.88. The van der Waals surface area contributed by atoms with Crippen molar-refractivity contribution in [1.82, 2.24) is 9.78 Å². The van der Waals surface area contributed by atoms with E-state index in [1.165, 1.54) is 0 Å². The van der Waals surface area contributed by atoms with Gasteiger partial charge in [-0.2, -0.15) is 5.10 Å². The van der Waals surface area contributed by atoms with Crippen LogP contribution in [0.5, 0.6) is 0 Å². The van der Waals surface area contributed by atoms with Crippen LogP contribution < -0.4 is 0 Å². The molecule has 5 nitrogen and oxygen atoms in total. The highest BCUT2D eigenvalue weighted by Crippen LogP contribution is 2.28. The first-order chi connectivity index (χ1) is 9.16. The van der Waals surface area contributed by atoms with Gasteiger partial charge in [0.1, 0.15) is 0 Å². The lowest BCUT2D eigenvalue weighted by Crippen LogP contribution is -2.19. The van der Waals surface area contributed by atoms with E-state index in [0.717, 1.165) is 30.3 Å². The number of carboxylic acids is 1. The van der Waals surface area contributed by atoms with Crippen molar-refractivity contribution in [3.8, 4) is 0 Å². The van der Waals surface area contributed by atoms with Crippen LogP contribution in [0.4, 0.5) is 0 Å². The molecule has 1 saturated heterocycles. The zero-order valence-electron chi connectivity index (χ0n) is 10.8. The van der Waals surface area contributed by atoms with E-state index >= 15 is 0 Å². The van der Waals surface area contributed by atoms with Gasteiger partial charge in [-0.15, -0.1) is 0 Å². The van der Waals surface area contributed by atoms with Gasteiger partial charge >= 0.3 is 5.97 Å². The molecule has 1 aliphatic rings. The lowest BCUT2D eigenvalue weighted by atomic mass is 10.1. The van der Waals surface area contributed by atoms with Gasteiger partial charge in [-0.1, -0.05) is 11.6 Å². The average Bonchev–Trinajstić information content (AvgIpc) is 2.78. The number of aromatic nitrogens is 2. The number of carbonyl (C=O) groups is 1. The SMILES string of the molecule is Cc1ccc2c(c1)c(C(=O)O)nn2C1CCCCO1. The smallest absolute Gasteiger partial charge is 0.357 e. The topological polar surface area (TPSA) is 64.3 Å². The fourth-order valence-electron chi connectivity index (χ4n) is 2.55. The molecule has 5 heteroatoms. The second kappa shape index (κ2) is 4.66. The number of hydrogen-bond acceptors (Lipinski definition) is 3.